The van der Waals surface area contributed by atoms with Crippen LogP contribution in [0.3, 0.4) is 0 Å². The van der Waals surface area contributed by atoms with Crippen LogP contribution in [0.4, 0.5) is 0 Å². The summed E-state index contributed by atoms with van der Waals surface area (Å²) in [6.07, 6.45) is 4.64. The van der Waals surface area contributed by atoms with E-state index in [4.69, 9.17) is 10.5 Å². The van der Waals surface area contributed by atoms with Crippen molar-refractivity contribution in [1.82, 2.24) is 0 Å². The first-order chi connectivity index (χ1) is 9.81. The molecule has 21 heavy (non-hydrogen) atoms. The van der Waals surface area contributed by atoms with Gasteiger partial charge in [0.05, 0.1) is 7.11 Å². The maximum absolute atomic E-state index is 6.41. The van der Waals surface area contributed by atoms with E-state index in [0.717, 1.165) is 29.0 Å². The second-order valence-corrected chi connectivity index (χ2v) is 8.38. The summed E-state index contributed by atoms with van der Waals surface area (Å²) in [4.78, 5) is 0. The molecule has 118 valence electrons. The van der Waals surface area contributed by atoms with Gasteiger partial charge in [0.15, 0.2) is 0 Å². The third-order valence-electron chi connectivity index (χ3n) is 4.99. The second-order valence-electron chi connectivity index (χ2n) is 7.46. The number of benzene rings is 1. The van der Waals surface area contributed by atoms with Crippen LogP contribution in [0.25, 0.3) is 0 Å². The van der Waals surface area contributed by atoms with E-state index in [1.54, 1.807) is 7.11 Å². The molecule has 0 aliphatic heterocycles. The molecule has 2 nitrogen and oxygen atoms in total. The molecule has 0 spiro atoms. The summed E-state index contributed by atoms with van der Waals surface area (Å²) in [7, 11) is 1.74. The first-order valence-corrected chi connectivity index (χ1v) is 8.68. The van der Waals surface area contributed by atoms with Crippen molar-refractivity contribution in [2.75, 3.05) is 7.11 Å². The van der Waals surface area contributed by atoms with Crippen molar-refractivity contribution < 1.29 is 4.74 Å². The van der Waals surface area contributed by atoms with Crippen molar-refractivity contribution in [3.05, 3.63) is 28.2 Å². The molecule has 3 unspecified atom stereocenters. The quantitative estimate of drug-likeness (QED) is 0.847. The summed E-state index contributed by atoms with van der Waals surface area (Å²) >= 11 is 3.56. The summed E-state index contributed by atoms with van der Waals surface area (Å²) in [6.45, 7) is 7.06. The lowest BCUT2D eigenvalue weighted by Gasteiger charge is -2.41. The first-order valence-electron chi connectivity index (χ1n) is 7.89. The van der Waals surface area contributed by atoms with E-state index in [1.165, 1.54) is 18.4 Å². The van der Waals surface area contributed by atoms with Crippen LogP contribution in [-0.4, -0.2) is 13.2 Å². The standard InChI is InChI=1S/C18H28BrNO/c1-18(2,3)14-5-7-16(20)12(10-14)9-13-11-15(19)6-8-17(13)21-4/h6,8,11-12,14,16H,5,7,9-10,20H2,1-4H3. The van der Waals surface area contributed by atoms with Crippen LogP contribution >= 0.6 is 15.9 Å². The highest BCUT2D eigenvalue weighted by Gasteiger charge is 2.34. The zero-order valence-corrected chi connectivity index (χ0v) is 15.2. The Morgan fingerprint density at radius 2 is 2.00 bits per heavy atom. The average molecular weight is 354 g/mol. The highest BCUT2D eigenvalue weighted by atomic mass is 79.9. The molecule has 0 heterocycles. The summed E-state index contributed by atoms with van der Waals surface area (Å²) in [6, 6.07) is 6.55. The van der Waals surface area contributed by atoms with Crippen LogP contribution in [0.1, 0.15) is 45.6 Å². The minimum Gasteiger partial charge on any atom is -0.496 e. The average Bonchev–Trinajstić information content (AvgIpc) is 2.40. The number of hydrogen-bond donors (Lipinski definition) is 1. The Hall–Kier alpha value is -0.540. The molecule has 1 aliphatic carbocycles. The van der Waals surface area contributed by atoms with Crippen molar-refractivity contribution in [3.63, 3.8) is 0 Å². The molecule has 0 radical (unpaired) electrons. The third-order valence-corrected chi connectivity index (χ3v) is 5.48. The van der Waals surface area contributed by atoms with Gasteiger partial charge in [-0.05, 0) is 66.7 Å². The number of halogens is 1. The summed E-state index contributed by atoms with van der Waals surface area (Å²) in [5, 5.41) is 0. The predicted molar refractivity (Wildman–Crippen MR) is 92.7 cm³/mol. The molecule has 1 aromatic rings. The lowest BCUT2D eigenvalue weighted by atomic mass is 9.66. The molecule has 0 aromatic heterocycles. The fourth-order valence-corrected chi connectivity index (χ4v) is 3.91. The molecule has 2 rings (SSSR count). The van der Waals surface area contributed by atoms with Gasteiger partial charge in [0, 0.05) is 10.5 Å². The zero-order valence-electron chi connectivity index (χ0n) is 13.7. The van der Waals surface area contributed by atoms with Gasteiger partial charge in [0.1, 0.15) is 5.75 Å². The van der Waals surface area contributed by atoms with Gasteiger partial charge in [-0.15, -0.1) is 0 Å². The highest BCUT2D eigenvalue weighted by Crippen LogP contribution is 2.41. The Morgan fingerprint density at radius 3 is 2.62 bits per heavy atom. The van der Waals surface area contributed by atoms with Crippen molar-refractivity contribution in [3.8, 4) is 5.75 Å². The molecule has 1 saturated carbocycles. The maximum Gasteiger partial charge on any atom is 0.122 e. The molecule has 3 atom stereocenters. The van der Waals surface area contributed by atoms with E-state index in [2.05, 4.69) is 42.8 Å². The van der Waals surface area contributed by atoms with E-state index in [-0.39, 0.29) is 0 Å². The topological polar surface area (TPSA) is 35.2 Å². The molecule has 2 N–H and O–H groups in total. The lowest BCUT2D eigenvalue weighted by molar-refractivity contribution is 0.126. The fraction of sp³-hybridized carbons (Fsp3) is 0.667. The Balaban J connectivity index is 2.15. The lowest BCUT2D eigenvalue weighted by Crippen LogP contribution is -2.40. The number of nitrogens with two attached hydrogens (primary N) is 1. The Kier molecular flexibility index (Phi) is 5.37. The Labute approximate surface area is 137 Å². The zero-order chi connectivity index (χ0) is 15.6. The first kappa shape index (κ1) is 16.8. The molecule has 1 aliphatic rings. The SMILES string of the molecule is COc1ccc(Br)cc1CC1CC(C(C)(C)C)CCC1N. The Bertz CT molecular complexity index is 481. The van der Waals surface area contributed by atoms with E-state index >= 15 is 0 Å². The molecule has 0 saturated heterocycles. The van der Waals surface area contributed by atoms with Crippen molar-refractivity contribution in [1.29, 1.82) is 0 Å². The van der Waals surface area contributed by atoms with Crippen molar-refractivity contribution in [2.45, 2.75) is 52.5 Å². The van der Waals surface area contributed by atoms with Crippen LogP contribution in [0, 0.1) is 17.3 Å². The van der Waals surface area contributed by atoms with Gasteiger partial charge in [-0.2, -0.15) is 0 Å². The van der Waals surface area contributed by atoms with Gasteiger partial charge in [-0.3, -0.25) is 0 Å². The summed E-state index contributed by atoms with van der Waals surface area (Å²) in [5.41, 5.74) is 8.05. The number of methoxy groups -OCH3 is 1. The van der Waals surface area contributed by atoms with Crippen molar-refractivity contribution in [2.24, 2.45) is 23.0 Å². The highest BCUT2D eigenvalue weighted by molar-refractivity contribution is 9.10. The van der Waals surface area contributed by atoms with Gasteiger partial charge in [-0.25, -0.2) is 0 Å². The minimum atomic E-state index is 0.312. The van der Waals surface area contributed by atoms with E-state index in [0.29, 0.717) is 17.4 Å². The van der Waals surface area contributed by atoms with Crippen LogP contribution in [0.2, 0.25) is 0 Å². The summed E-state index contributed by atoms with van der Waals surface area (Å²) < 4.78 is 6.62. The van der Waals surface area contributed by atoms with E-state index in [9.17, 15) is 0 Å². The van der Waals surface area contributed by atoms with Gasteiger partial charge >= 0.3 is 0 Å². The molecule has 0 bridgehead atoms. The molecule has 3 heteroatoms. The Morgan fingerprint density at radius 1 is 1.29 bits per heavy atom. The maximum atomic E-state index is 6.41. The molecule has 1 aromatic carbocycles. The third kappa shape index (κ3) is 4.23. The number of hydrogen-bond acceptors (Lipinski definition) is 2. The van der Waals surface area contributed by atoms with E-state index < -0.39 is 0 Å². The van der Waals surface area contributed by atoms with Gasteiger partial charge in [0.2, 0.25) is 0 Å². The fourth-order valence-electron chi connectivity index (χ4n) is 3.50. The smallest absolute Gasteiger partial charge is 0.122 e. The van der Waals surface area contributed by atoms with Gasteiger partial charge in [0.25, 0.3) is 0 Å². The monoisotopic (exact) mass is 353 g/mol. The summed E-state index contributed by atoms with van der Waals surface area (Å²) in [5.74, 6) is 2.29. The van der Waals surface area contributed by atoms with Crippen LogP contribution < -0.4 is 10.5 Å². The van der Waals surface area contributed by atoms with Gasteiger partial charge < -0.3 is 10.5 Å². The number of ether oxygens (including phenoxy) is 1. The number of rotatable bonds is 3. The molecular weight excluding hydrogens is 326 g/mol. The van der Waals surface area contributed by atoms with Crippen LogP contribution in [-0.2, 0) is 6.42 Å². The van der Waals surface area contributed by atoms with Gasteiger partial charge in [-0.1, -0.05) is 36.7 Å². The largest absolute Gasteiger partial charge is 0.496 e. The molecular formula is C18H28BrNO. The molecule has 0 amide bonds. The minimum absolute atomic E-state index is 0.312. The molecule has 1 fully saturated rings. The van der Waals surface area contributed by atoms with Crippen LogP contribution in [0.5, 0.6) is 5.75 Å². The van der Waals surface area contributed by atoms with Crippen LogP contribution in [0.15, 0.2) is 22.7 Å². The van der Waals surface area contributed by atoms with E-state index in [1.807, 2.05) is 12.1 Å². The van der Waals surface area contributed by atoms with Crippen molar-refractivity contribution >= 4 is 15.9 Å². The normalized spacial score (nSPS) is 26.7. The predicted octanol–water partition coefficient (Wildman–Crippen LogP) is 4.79. The second kappa shape index (κ2) is 6.70.